The summed E-state index contributed by atoms with van der Waals surface area (Å²) in [6.07, 6.45) is -0.509. The maximum atomic E-state index is 13.4. The van der Waals surface area contributed by atoms with Gasteiger partial charge in [0.2, 0.25) is 17.7 Å². The fourth-order valence-electron chi connectivity index (χ4n) is 4.31. The van der Waals surface area contributed by atoms with Crippen molar-refractivity contribution in [2.75, 3.05) is 6.61 Å². The molecule has 2 aromatic rings. The van der Waals surface area contributed by atoms with Crippen LogP contribution in [0.2, 0.25) is 0 Å². The summed E-state index contributed by atoms with van der Waals surface area (Å²) in [5.74, 6) is -3.75. The van der Waals surface area contributed by atoms with Crippen LogP contribution in [-0.2, 0) is 35.3 Å². The molecule has 5 N–H and O–H groups in total. The van der Waals surface area contributed by atoms with Crippen molar-refractivity contribution >= 4 is 35.6 Å². The van der Waals surface area contributed by atoms with E-state index >= 15 is 0 Å². The fraction of sp³-hybridized carbons (Fsp3) is 0.455. The van der Waals surface area contributed by atoms with Gasteiger partial charge in [-0.15, -0.1) is 0 Å². The van der Waals surface area contributed by atoms with E-state index < -0.39 is 60.3 Å². The Balaban J connectivity index is 2.13. The maximum absolute atomic E-state index is 13.4. The predicted molar refractivity (Wildman–Crippen MR) is 166 cm³/mol. The van der Waals surface area contributed by atoms with Gasteiger partial charge in [0, 0.05) is 12.0 Å². The lowest BCUT2D eigenvalue weighted by molar-refractivity contribution is -0.147. The van der Waals surface area contributed by atoms with Gasteiger partial charge >= 0.3 is 12.1 Å². The van der Waals surface area contributed by atoms with Crippen molar-refractivity contribution in [3.05, 3.63) is 71.8 Å². The number of amides is 4. The molecule has 244 valence electrons. The van der Waals surface area contributed by atoms with Gasteiger partial charge in [0.25, 0.3) is 0 Å². The number of rotatable bonds is 18. The molecule has 4 atom stereocenters. The minimum absolute atomic E-state index is 0.00452. The monoisotopic (exact) mass is 624 g/mol. The number of benzene rings is 2. The highest BCUT2D eigenvalue weighted by Gasteiger charge is 2.33. The van der Waals surface area contributed by atoms with Gasteiger partial charge in [0.05, 0.1) is 0 Å². The van der Waals surface area contributed by atoms with Crippen LogP contribution in [-0.4, -0.2) is 60.3 Å². The van der Waals surface area contributed by atoms with Crippen LogP contribution in [0.25, 0.3) is 0 Å². The molecular weight excluding hydrogens is 580 g/mol. The topological polar surface area (TPSA) is 183 Å². The van der Waals surface area contributed by atoms with Gasteiger partial charge in [-0.2, -0.15) is 0 Å². The first-order valence-electron chi connectivity index (χ1n) is 15.0. The van der Waals surface area contributed by atoms with Crippen LogP contribution in [0.1, 0.15) is 69.3 Å². The Bertz CT molecular complexity index is 1290. The van der Waals surface area contributed by atoms with E-state index in [4.69, 9.17) is 15.2 Å². The van der Waals surface area contributed by atoms with Crippen LogP contribution in [0.4, 0.5) is 4.79 Å². The fourth-order valence-corrected chi connectivity index (χ4v) is 4.31. The van der Waals surface area contributed by atoms with E-state index in [1.54, 1.807) is 61.5 Å². The number of hydrogen-bond donors (Lipinski definition) is 4. The summed E-state index contributed by atoms with van der Waals surface area (Å²) in [4.78, 5) is 76.4. The number of carbonyl (C=O) groups is 6. The lowest BCUT2D eigenvalue weighted by Gasteiger charge is -2.27. The molecule has 0 aliphatic carbocycles. The minimum atomic E-state index is -1.27. The molecule has 2 aromatic carbocycles. The molecular formula is C33H44N4O8. The molecule has 0 fully saturated rings. The second kappa shape index (κ2) is 18.8. The van der Waals surface area contributed by atoms with Gasteiger partial charge in [-0.1, -0.05) is 94.8 Å². The minimum Gasteiger partial charge on any atom is -0.456 e. The molecule has 12 heteroatoms. The lowest BCUT2D eigenvalue weighted by atomic mass is 9.97. The molecule has 4 amide bonds. The zero-order chi connectivity index (χ0) is 33.4. The third-order valence-corrected chi connectivity index (χ3v) is 7.04. The highest BCUT2D eigenvalue weighted by atomic mass is 16.5. The molecule has 0 saturated carbocycles. The third-order valence-electron chi connectivity index (χ3n) is 7.04. The summed E-state index contributed by atoms with van der Waals surface area (Å²) in [7, 11) is 0. The molecule has 0 aliphatic heterocycles. The molecule has 0 bridgehead atoms. The van der Waals surface area contributed by atoms with E-state index in [1.165, 1.54) is 0 Å². The van der Waals surface area contributed by atoms with Crippen molar-refractivity contribution < 1.29 is 38.2 Å². The van der Waals surface area contributed by atoms with E-state index in [0.717, 1.165) is 5.56 Å². The van der Waals surface area contributed by atoms with E-state index in [0.29, 0.717) is 12.0 Å². The van der Waals surface area contributed by atoms with Crippen LogP contribution in [0, 0.1) is 11.8 Å². The van der Waals surface area contributed by atoms with Crippen LogP contribution in [0.3, 0.4) is 0 Å². The molecule has 0 saturated heterocycles. The van der Waals surface area contributed by atoms with Crippen LogP contribution in [0.5, 0.6) is 0 Å². The van der Waals surface area contributed by atoms with Crippen molar-refractivity contribution in [1.29, 1.82) is 0 Å². The van der Waals surface area contributed by atoms with Crippen LogP contribution in [0.15, 0.2) is 60.7 Å². The molecule has 0 unspecified atom stereocenters. The molecule has 0 radical (unpaired) electrons. The summed E-state index contributed by atoms with van der Waals surface area (Å²) >= 11 is 0. The van der Waals surface area contributed by atoms with Crippen molar-refractivity contribution in [3.8, 4) is 0 Å². The Kier molecular flexibility index (Phi) is 15.2. The molecule has 12 nitrogen and oxygen atoms in total. The second-order valence-electron chi connectivity index (χ2n) is 11.2. The van der Waals surface area contributed by atoms with E-state index in [1.807, 2.05) is 26.8 Å². The number of Topliss-reactive ketones (excluding diaryl/α,β-unsaturated/α-hetero) is 1. The number of carbonyl (C=O) groups excluding carboxylic acids is 6. The molecule has 0 aliphatic rings. The molecule has 0 heterocycles. The lowest BCUT2D eigenvalue weighted by Crippen LogP contribution is -2.57. The number of ether oxygens (including phenoxy) is 2. The van der Waals surface area contributed by atoms with Gasteiger partial charge in [0.1, 0.15) is 24.7 Å². The zero-order valence-electron chi connectivity index (χ0n) is 26.2. The Morgan fingerprint density at radius 1 is 0.778 bits per heavy atom. The Morgan fingerprint density at radius 3 is 1.96 bits per heavy atom. The van der Waals surface area contributed by atoms with Crippen molar-refractivity contribution in [2.45, 2.75) is 78.1 Å². The summed E-state index contributed by atoms with van der Waals surface area (Å²) in [6.45, 7) is 6.75. The number of esters is 1. The van der Waals surface area contributed by atoms with Crippen molar-refractivity contribution in [1.82, 2.24) is 16.0 Å². The second-order valence-corrected chi connectivity index (χ2v) is 11.2. The van der Waals surface area contributed by atoms with E-state index in [9.17, 15) is 28.8 Å². The summed E-state index contributed by atoms with van der Waals surface area (Å²) in [6, 6.07) is 13.9. The SMILES string of the molecule is CC[C@H](C)[C@@H](NC(=O)OCc1ccccc1)C(=O)N[C@@H](CCC(N)=O)C(=O)N[C@@H](CC(C)C)C(=O)OCC(=O)c1ccccc1. The molecule has 2 rings (SSSR count). The number of primary amides is 1. The first kappa shape index (κ1) is 36.5. The Morgan fingerprint density at radius 2 is 1.38 bits per heavy atom. The largest absolute Gasteiger partial charge is 0.456 e. The summed E-state index contributed by atoms with van der Waals surface area (Å²) < 4.78 is 10.5. The number of alkyl carbamates (subject to hydrolysis) is 1. The molecule has 0 aromatic heterocycles. The molecule has 0 spiro atoms. The van der Waals surface area contributed by atoms with Gasteiger partial charge in [-0.25, -0.2) is 9.59 Å². The van der Waals surface area contributed by atoms with E-state index in [2.05, 4.69) is 16.0 Å². The number of ketones is 1. The highest BCUT2D eigenvalue weighted by molar-refractivity contribution is 5.98. The Labute approximate surface area is 263 Å². The predicted octanol–water partition coefficient (Wildman–Crippen LogP) is 3.03. The van der Waals surface area contributed by atoms with Crippen molar-refractivity contribution in [3.63, 3.8) is 0 Å². The number of nitrogens with two attached hydrogens (primary N) is 1. The third kappa shape index (κ3) is 13.2. The quantitative estimate of drug-likeness (QED) is 0.144. The van der Waals surface area contributed by atoms with Gasteiger partial charge < -0.3 is 31.2 Å². The highest BCUT2D eigenvalue weighted by Crippen LogP contribution is 2.12. The van der Waals surface area contributed by atoms with Crippen LogP contribution < -0.4 is 21.7 Å². The Hall–Kier alpha value is -4.74. The zero-order valence-corrected chi connectivity index (χ0v) is 26.2. The molecule has 45 heavy (non-hydrogen) atoms. The number of hydrogen-bond acceptors (Lipinski definition) is 8. The van der Waals surface area contributed by atoms with Gasteiger partial charge in [-0.05, 0) is 30.2 Å². The standard InChI is InChI=1S/C33H44N4O8/c1-5-22(4)29(37-33(43)45-19-23-12-8-6-9-13-23)31(41)35-25(16-17-28(34)39)30(40)36-26(18-21(2)3)32(42)44-20-27(38)24-14-10-7-11-15-24/h6-15,21-22,25-26,29H,5,16-20H2,1-4H3,(H2,34,39)(H,35,41)(H,36,40)(H,37,43)/t22-,25-,26-,29+/m0/s1. The first-order valence-corrected chi connectivity index (χ1v) is 15.0. The number of nitrogens with one attached hydrogen (secondary N) is 3. The average molecular weight is 625 g/mol. The average Bonchev–Trinajstić information content (AvgIpc) is 3.02. The summed E-state index contributed by atoms with van der Waals surface area (Å²) in [5, 5.41) is 7.77. The smallest absolute Gasteiger partial charge is 0.408 e. The van der Waals surface area contributed by atoms with Crippen molar-refractivity contribution in [2.24, 2.45) is 17.6 Å². The summed E-state index contributed by atoms with van der Waals surface area (Å²) in [5.41, 5.74) is 6.45. The maximum Gasteiger partial charge on any atom is 0.408 e. The van der Waals surface area contributed by atoms with E-state index in [-0.39, 0.29) is 37.7 Å². The van der Waals surface area contributed by atoms with Gasteiger partial charge in [-0.3, -0.25) is 19.2 Å². The van der Waals surface area contributed by atoms with Gasteiger partial charge in [0.15, 0.2) is 12.4 Å². The van der Waals surface area contributed by atoms with Crippen LogP contribution >= 0.6 is 0 Å². The normalized spacial score (nSPS) is 13.4. The first-order chi connectivity index (χ1) is 21.4.